The first kappa shape index (κ1) is 20.6. The maximum atomic E-state index is 5.72. The molecular formula is C20H31N3O2S. The van der Waals surface area contributed by atoms with Crippen molar-refractivity contribution in [1.29, 1.82) is 0 Å². The first-order valence-corrected chi connectivity index (χ1v) is 10.2. The van der Waals surface area contributed by atoms with Crippen LogP contribution in [0, 0.1) is 0 Å². The van der Waals surface area contributed by atoms with E-state index in [0.717, 1.165) is 55.6 Å². The Morgan fingerprint density at radius 2 is 2.12 bits per heavy atom. The summed E-state index contributed by atoms with van der Waals surface area (Å²) in [7, 11) is 1.80. The van der Waals surface area contributed by atoms with Crippen molar-refractivity contribution in [3.8, 4) is 5.75 Å². The zero-order chi connectivity index (χ0) is 18.7. The van der Waals surface area contributed by atoms with Gasteiger partial charge in [0.1, 0.15) is 12.4 Å². The molecule has 6 heteroatoms. The van der Waals surface area contributed by atoms with Crippen LogP contribution in [0.25, 0.3) is 0 Å². The van der Waals surface area contributed by atoms with Crippen molar-refractivity contribution in [2.45, 2.75) is 31.1 Å². The summed E-state index contributed by atoms with van der Waals surface area (Å²) >= 11 is 2.02. The number of hydrogen-bond donors (Lipinski definition) is 2. The largest absolute Gasteiger partial charge is 0.489 e. The number of ether oxygens (including phenoxy) is 2. The first-order valence-electron chi connectivity index (χ1n) is 9.21. The molecule has 0 unspecified atom stereocenters. The molecule has 0 saturated carbocycles. The molecule has 1 aromatic carbocycles. The van der Waals surface area contributed by atoms with Crippen molar-refractivity contribution in [3.63, 3.8) is 0 Å². The quantitative estimate of drug-likeness (QED) is 0.393. The molecule has 2 N–H and O–H groups in total. The molecule has 0 radical (unpaired) electrons. The van der Waals surface area contributed by atoms with Gasteiger partial charge in [0.25, 0.3) is 0 Å². The smallest absolute Gasteiger partial charge is 0.191 e. The maximum absolute atomic E-state index is 5.72. The van der Waals surface area contributed by atoms with Crippen LogP contribution in [0.5, 0.6) is 5.75 Å². The molecule has 1 aromatic rings. The summed E-state index contributed by atoms with van der Waals surface area (Å²) in [5, 5.41) is 6.90. The number of hydrogen-bond acceptors (Lipinski definition) is 4. The number of rotatable bonds is 9. The maximum Gasteiger partial charge on any atom is 0.191 e. The Morgan fingerprint density at radius 1 is 1.35 bits per heavy atom. The van der Waals surface area contributed by atoms with Crippen LogP contribution < -0.4 is 15.4 Å². The zero-order valence-electron chi connectivity index (χ0n) is 15.9. The van der Waals surface area contributed by atoms with Crippen LogP contribution in [0.1, 0.15) is 25.3 Å². The Labute approximate surface area is 161 Å². The van der Waals surface area contributed by atoms with Gasteiger partial charge in [0.15, 0.2) is 5.96 Å². The fraction of sp³-hybridized carbons (Fsp3) is 0.550. The van der Waals surface area contributed by atoms with Crippen molar-refractivity contribution >= 4 is 17.7 Å². The second-order valence-corrected chi connectivity index (χ2v) is 7.95. The van der Waals surface area contributed by atoms with E-state index in [4.69, 9.17) is 9.47 Å². The Hall–Kier alpha value is -1.66. The SMILES string of the molecule is C=CCOc1ccccc1CNC(=NC)NCC1(SCC)CCOCC1. The van der Waals surface area contributed by atoms with Gasteiger partial charge < -0.3 is 20.1 Å². The highest BCUT2D eigenvalue weighted by molar-refractivity contribution is 8.00. The van der Waals surface area contributed by atoms with Gasteiger partial charge in [-0.15, -0.1) is 0 Å². The fourth-order valence-electron chi connectivity index (χ4n) is 3.01. The topological polar surface area (TPSA) is 54.9 Å². The van der Waals surface area contributed by atoms with E-state index in [2.05, 4.69) is 35.2 Å². The number of thioether (sulfide) groups is 1. The Balaban J connectivity index is 1.90. The minimum atomic E-state index is 0.232. The van der Waals surface area contributed by atoms with Gasteiger partial charge in [0.05, 0.1) is 0 Å². The molecule has 0 atom stereocenters. The van der Waals surface area contributed by atoms with Crippen LogP contribution in [0.15, 0.2) is 41.9 Å². The number of nitrogens with zero attached hydrogens (tertiary/aromatic N) is 1. The van der Waals surface area contributed by atoms with Crippen LogP contribution in [-0.4, -0.2) is 49.9 Å². The monoisotopic (exact) mass is 377 g/mol. The molecule has 0 aliphatic carbocycles. The lowest BCUT2D eigenvalue weighted by Crippen LogP contribution is -2.48. The third kappa shape index (κ3) is 6.25. The number of benzene rings is 1. The normalized spacial score (nSPS) is 16.8. The summed E-state index contributed by atoms with van der Waals surface area (Å²) in [6, 6.07) is 8.03. The fourth-order valence-corrected chi connectivity index (χ4v) is 4.25. The van der Waals surface area contributed by atoms with Gasteiger partial charge in [0.2, 0.25) is 0 Å². The molecule has 26 heavy (non-hydrogen) atoms. The molecule has 1 heterocycles. The summed E-state index contributed by atoms with van der Waals surface area (Å²) in [5.74, 6) is 2.80. The van der Waals surface area contributed by atoms with Crippen molar-refractivity contribution < 1.29 is 9.47 Å². The molecule has 0 bridgehead atoms. The third-order valence-electron chi connectivity index (χ3n) is 4.43. The highest BCUT2D eigenvalue weighted by Gasteiger charge is 2.32. The van der Waals surface area contributed by atoms with E-state index in [1.165, 1.54) is 0 Å². The number of guanidine groups is 1. The van der Waals surface area contributed by atoms with Gasteiger partial charge in [-0.1, -0.05) is 37.8 Å². The predicted octanol–water partition coefficient (Wildman–Crippen LogP) is 3.22. The molecule has 0 amide bonds. The predicted molar refractivity (Wildman–Crippen MR) is 111 cm³/mol. The summed E-state index contributed by atoms with van der Waals surface area (Å²) in [4.78, 5) is 4.37. The lowest BCUT2D eigenvalue weighted by atomic mass is 9.99. The van der Waals surface area contributed by atoms with Gasteiger partial charge in [-0.2, -0.15) is 11.8 Å². The molecule has 144 valence electrons. The number of nitrogens with one attached hydrogen (secondary N) is 2. The number of aliphatic imine (C=N–C) groups is 1. The molecule has 1 aliphatic heterocycles. The van der Waals surface area contributed by atoms with E-state index < -0.39 is 0 Å². The summed E-state index contributed by atoms with van der Waals surface area (Å²) in [5.41, 5.74) is 1.10. The van der Waals surface area contributed by atoms with E-state index in [9.17, 15) is 0 Å². The minimum Gasteiger partial charge on any atom is -0.489 e. The van der Waals surface area contributed by atoms with Gasteiger partial charge in [-0.25, -0.2) is 0 Å². The molecular weight excluding hydrogens is 346 g/mol. The van der Waals surface area contributed by atoms with Crippen LogP contribution >= 0.6 is 11.8 Å². The Morgan fingerprint density at radius 3 is 2.81 bits per heavy atom. The second kappa shape index (κ2) is 11.1. The van der Waals surface area contributed by atoms with Gasteiger partial charge in [0, 0.05) is 43.7 Å². The van der Waals surface area contributed by atoms with Crippen molar-refractivity contribution in [2.75, 3.05) is 39.2 Å². The van der Waals surface area contributed by atoms with E-state index in [-0.39, 0.29) is 4.75 Å². The molecule has 0 spiro atoms. The van der Waals surface area contributed by atoms with Crippen molar-refractivity contribution in [2.24, 2.45) is 4.99 Å². The van der Waals surface area contributed by atoms with Crippen molar-refractivity contribution in [3.05, 3.63) is 42.5 Å². The van der Waals surface area contributed by atoms with Crippen LogP contribution in [0.2, 0.25) is 0 Å². The molecule has 1 fully saturated rings. The Kier molecular flexibility index (Phi) is 8.85. The average molecular weight is 378 g/mol. The van der Waals surface area contributed by atoms with Crippen LogP contribution in [-0.2, 0) is 11.3 Å². The van der Waals surface area contributed by atoms with E-state index in [1.807, 2.05) is 30.0 Å². The number of para-hydroxylation sites is 1. The lowest BCUT2D eigenvalue weighted by Gasteiger charge is -2.37. The summed E-state index contributed by atoms with van der Waals surface area (Å²) < 4.78 is 11.5. The molecule has 1 saturated heterocycles. The van der Waals surface area contributed by atoms with Crippen molar-refractivity contribution in [1.82, 2.24) is 10.6 Å². The van der Waals surface area contributed by atoms with Crippen LogP contribution in [0.4, 0.5) is 0 Å². The highest BCUT2D eigenvalue weighted by atomic mass is 32.2. The average Bonchev–Trinajstić information content (AvgIpc) is 2.68. The van der Waals surface area contributed by atoms with E-state index in [0.29, 0.717) is 13.2 Å². The molecule has 0 aromatic heterocycles. The summed E-state index contributed by atoms with van der Waals surface area (Å²) in [6.45, 7) is 9.66. The van der Waals surface area contributed by atoms with E-state index >= 15 is 0 Å². The minimum absolute atomic E-state index is 0.232. The second-order valence-electron chi connectivity index (χ2n) is 6.22. The molecule has 5 nitrogen and oxygen atoms in total. The first-order chi connectivity index (χ1) is 12.7. The third-order valence-corrected chi connectivity index (χ3v) is 5.89. The summed E-state index contributed by atoms with van der Waals surface area (Å²) in [6.07, 6.45) is 3.91. The van der Waals surface area contributed by atoms with Gasteiger partial charge >= 0.3 is 0 Å². The van der Waals surface area contributed by atoms with Gasteiger partial charge in [-0.3, -0.25) is 4.99 Å². The van der Waals surface area contributed by atoms with Crippen LogP contribution in [0.3, 0.4) is 0 Å². The molecule has 2 rings (SSSR count). The van der Waals surface area contributed by atoms with Gasteiger partial charge in [-0.05, 0) is 24.7 Å². The molecule has 1 aliphatic rings. The Bertz CT molecular complexity index is 581. The van der Waals surface area contributed by atoms with E-state index in [1.54, 1.807) is 13.1 Å². The standard InChI is InChI=1S/C20H31N3O2S/c1-4-12-25-18-9-7-6-8-17(18)15-22-19(21-3)23-16-20(26-5-2)10-13-24-14-11-20/h4,6-9H,1,5,10-16H2,2-3H3,(H2,21,22,23). The lowest BCUT2D eigenvalue weighted by molar-refractivity contribution is 0.0782. The zero-order valence-corrected chi connectivity index (χ0v) is 16.7. The highest BCUT2D eigenvalue weighted by Crippen LogP contribution is 2.34.